The lowest BCUT2D eigenvalue weighted by Crippen LogP contribution is -2.29. The number of sulfonamides is 1. The molecule has 0 aliphatic carbocycles. The molecule has 0 bridgehead atoms. The van der Waals surface area contributed by atoms with Crippen molar-refractivity contribution < 1.29 is 13.3 Å². The number of nitrogens with zero attached hydrogens (tertiary/aromatic N) is 2. The molecule has 0 amide bonds. The van der Waals surface area contributed by atoms with Crippen molar-refractivity contribution in [3.8, 4) is 0 Å². The van der Waals surface area contributed by atoms with E-state index in [4.69, 9.17) is 5.73 Å². The van der Waals surface area contributed by atoms with Gasteiger partial charge in [-0.25, -0.2) is 13.1 Å². The molecule has 0 unspecified atom stereocenters. The second-order valence-electron chi connectivity index (χ2n) is 4.35. The Kier molecular flexibility index (Phi) is 6.52. The molecule has 10 heteroatoms. The summed E-state index contributed by atoms with van der Waals surface area (Å²) in [5.74, 6) is 0. The predicted molar refractivity (Wildman–Crippen MR) is 83.0 cm³/mol. The number of hydrogen-bond acceptors (Lipinski definition) is 7. The number of nitrogens with two attached hydrogens (primary N) is 1. The van der Waals surface area contributed by atoms with Crippen LogP contribution in [0.15, 0.2) is 10.3 Å². The maximum Gasteiger partial charge on any atom is 0.304 e. The van der Waals surface area contributed by atoms with Crippen molar-refractivity contribution in [3.05, 3.63) is 16.2 Å². The van der Waals surface area contributed by atoms with Gasteiger partial charge in [-0.05, 0) is 26.1 Å². The predicted octanol–water partition coefficient (Wildman–Crippen LogP) is 1.25. The summed E-state index contributed by atoms with van der Waals surface area (Å²) in [5.41, 5.74) is 5.08. The Hall–Kier alpha value is -1.23. The van der Waals surface area contributed by atoms with E-state index in [2.05, 4.69) is 9.62 Å². The van der Waals surface area contributed by atoms with Crippen LogP contribution in [0.2, 0.25) is 0 Å². The first kappa shape index (κ1) is 17.8. The Balaban J connectivity index is 2.62. The molecule has 0 aliphatic heterocycles. The van der Waals surface area contributed by atoms with Gasteiger partial charge in [-0.15, -0.1) is 0 Å². The van der Waals surface area contributed by atoms with Crippen LogP contribution in [0.25, 0.3) is 0 Å². The molecule has 0 atom stereocenters. The Morgan fingerprint density at radius 1 is 1.43 bits per heavy atom. The summed E-state index contributed by atoms with van der Waals surface area (Å²) in [6.45, 7) is 6.99. The molecule has 3 N–H and O–H groups in total. The Bertz CT molecular complexity index is 581. The van der Waals surface area contributed by atoms with Gasteiger partial charge in [-0.3, -0.25) is 10.1 Å². The summed E-state index contributed by atoms with van der Waals surface area (Å²) < 4.78 is 26.3. The molecule has 0 saturated carbocycles. The molecule has 0 aliphatic rings. The van der Waals surface area contributed by atoms with E-state index in [-0.39, 0.29) is 21.4 Å². The fourth-order valence-corrected chi connectivity index (χ4v) is 4.10. The standard InChI is InChI=1S/C11H20N4O4S2/c1-3-14(4-2)7-5-6-13-21(18,19)10-8-9(15(16)17)11(12)20-10/h8,13H,3-7,12H2,1-2H3. The molecule has 1 heterocycles. The van der Waals surface area contributed by atoms with Crippen LogP contribution in [0, 0.1) is 10.1 Å². The first-order valence-electron chi connectivity index (χ1n) is 6.57. The van der Waals surface area contributed by atoms with Crippen molar-refractivity contribution in [2.75, 3.05) is 31.9 Å². The average Bonchev–Trinajstić information content (AvgIpc) is 2.82. The van der Waals surface area contributed by atoms with Crippen LogP contribution in [0.5, 0.6) is 0 Å². The molecule has 1 aromatic rings. The minimum atomic E-state index is -3.74. The second kappa shape index (κ2) is 7.69. The van der Waals surface area contributed by atoms with Crippen molar-refractivity contribution in [2.24, 2.45) is 0 Å². The molecule has 21 heavy (non-hydrogen) atoms. The lowest BCUT2D eigenvalue weighted by Gasteiger charge is -2.17. The van der Waals surface area contributed by atoms with Crippen LogP contribution in [0.3, 0.4) is 0 Å². The van der Waals surface area contributed by atoms with Crippen LogP contribution in [0.4, 0.5) is 10.7 Å². The van der Waals surface area contributed by atoms with Gasteiger partial charge in [0.2, 0.25) is 10.0 Å². The van der Waals surface area contributed by atoms with Gasteiger partial charge in [0, 0.05) is 12.6 Å². The molecule has 8 nitrogen and oxygen atoms in total. The third-order valence-electron chi connectivity index (χ3n) is 3.02. The number of nitrogens with one attached hydrogen (secondary N) is 1. The quantitative estimate of drug-likeness (QED) is 0.398. The van der Waals surface area contributed by atoms with Crippen molar-refractivity contribution in [1.29, 1.82) is 0 Å². The fraction of sp³-hybridized carbons (Fsp3) is 0.636. The minimum absolute atomic E-state index is 0.108. The summed E-state index contributed by atoms with van der Waals surface area (Å²) in [6.07, 6.45) is 0.670. The van der Waals surface area contributed by atoms with E-state index in [0.29, 0.717) is 17.8 Å². The molecule has 0 saturated heterocycles. The molecule has 0 spiro atoms. The zero-order valence-corrected chi connectivity index (χ0v) is 13.7. The number of thiophene rings is 1. The molecule has 120 valence electrons. The summed E-state index contributed by atoms with van der Waals surface area (Å²) >= 11 is 0.698. The highest BCUT2D eigenvalue weighted by molar-refractivity contribution is 7.91. The fourth-order valence-electron chi connectivity index (χ4n) is 1.77. The van der Waals surface area contributed by atoms with Gasteiger partial charge in [-0.2, -0.15) is 0 Å². The summed E-state index contributed by atoms with van der Waals surface area (Å²) in [4.78, 5) is 12.2. The van der Waals surface area contributed by atoms with E-state index in [1.54, 1.807) is 0 Å². The lowest BCUT2D eigenvalue weighted by molar-refractivity contribution is -0.383. The van der Waals surface area contributed by atoms with E-state index < -0.39 is 14.9 Å². The summed E-state index contributed by atoms with van der Waals surface area (Å²) in [6, 6.07) is 0.993. The van der Waals surface area contributed by atoms with Gasteiger partial charge in [-0.1, -0.05) is 25.2 Å². The van der Waals surface area contributed by atoms with E-state index in [0.717, 1.165) is 25.7 Å². The normalized spacial score (nSPS) is 12.0. The van der Waals surface area contributed by atoms with E-state index >= 15 is 0 Å². The summed E-state index contributed by atoms with van der Waals surface area (Å²) in [5, 5.41) is 10.6. The van der Waals surface area contributed by atoms with E-state index in [1.165, 1.54) is 0 Å². The zero-order chi connectivity index (χ0) is 16.0. The third-order valence-corrected chi connectivity index (χ3v) is 5.90. The van der Waals surface area contributed by atoms with E-state index in [1.807, 2.05) is 13.8 Å². The third kappa shape index (κ3) is 4.92. The van der Waals surface area contributed by atoms with Crippen molar-refractivity contribution in [3.63, 3.8) is 0 Å². The van der Waals surface area contributed by atoms with Gasteiger partial charge in [0.1, 0.15) is 4.21 Å². The Labute approximate surface area is 128 Å². The average molecular weight is 336 g/mol. The number of anilines is 1. The molecular formula is C11H20N4O4S2. The minimum Gasteiger partial charge on any atom is -0.385 e. The monoisotopic (exact) mass is 336 g/mol. The highest BCUT2D eigenvalue weighted by Gasteiger charge is 2.24. The second-order valence-corrected chi connectivity index (χ2v) is 7.43. The molecule has 0 fully saturated rings. The smallest absolute Gasteiger partial charge is 0.304 e. The number of nitrogen functional groups attached to an aromatic ring is 1. The van der Waals surface area contributed by atoms with Gasteiger partial charge >= 0.3 is 5.69 Å². The van der Waals surface area contributed by atoms with Crippen LogP contribution >= 0.6 is 11.3 Å². The van der Waals surface area contributed by atoms with Gasteiger partial charge < -0.3 is 10.6 Å². The number of rotatable bonds is 9. The van der Waals surface area contributed by atoms with Crippen LogP contribution in [0.1, 0.15) is 20.3 Å². The van der Waals surface area contributed by atoms with Crippen LogP contribution < -0.4 is 10.5 Å². The first-order chi connectivity index (χ1) is 9.81. The summed E-state index contributed by atoms with van der Waals surface area (Å²) in [7, 11) is -3.74. The SMILES string of the molecule is CCN(CC)CCCNS(=O)(=O)c1cc([N+](=O)[O-])c(N)s1. The highest BCUT2D eigenvalue weighted by atomic mass is 32.2. The largest absolute Gasteiger partial charge is 0.385 e. The highest BCUT2D eigenvalue weighted by Crippen LogP contribution is 2.34. The topological polar surface area (TPSA) is 119 Å². The van der Waals surface area contributed by atoms with E-state index in [9.17, 15) is 18.5 Å². The Morgan fingerprint density at radius 2 is 2.05 bits per heavy atom. The zero-order valence-electron chi connectivity index (χ0n) is 12.0. The number of hydrogen-bond donors (Lipinski definition) is 2. The van der Waals surface area contributed by atoms with Crippen LogP contribution in [-0.2, 0) is 10.0 Å². The van der Waals surface area contributed by atoms with Crippen molar-refractivity contribution >= 4 is 32.0 Å². The van der Waals surface area contributed by atoms with Gasteiger partial charge in [0.15, 0.2) is 5.00 Å². The molecule has 1 rings (SSSR count). The van der Waals surface area contributed by atoms with Gasteiger partial charge in [0.25, 0.3) is 0 Å². The Morgan fingerprint density at radius 3 is 2.52 bits per heavy atom. The van der Waals surface area contributed by atoms with Crippen LogP contribution in [-0.4, -0.2) is 44.4 Å². The maximum absolute atomic E-state index is 12.0. The molecule has 0 radical (unpaired) electrons. The molecule has 0 aromatic carbocycles. The van der Waals surface area contributed by atoms with Crippen molar-refractivity contribution in [2.45, 2.75) is 24.5 Å². The first-order valence-corrected chi connectivity index (χ1v) is 8.87. The van der Waals surface area contributed by atoms with Gasteiger partial charge in [0.05, 0.1) is 4.92 Å². The lowest BCUT2D eigenvalue weighted by atomic mass is 10.4. The molecule has 1 aromatic heterocycles. The number of nitro groups is 1. The molecular weight excluding hydrogens is 316 g/mol. The van der Waals surface area contributed by atoms with Crippen molar-refractivity contribution in [1.82, 2.24) is 9.62 Å². The maximum atomic E-state index is 12.0.